The van der Waals surface area contributed by atoms with E-state index in [0.29, 0.717) is 0 Å². The van der Waals surface area contributed by atoms with Gasteiger partial charge < -0.3 is 0 Å². The lowest BCUT2D eigenvalue weighted by Gasteiger charge is -2.05. The predicted octanol–water partition coefficient (Wildman–Crippen LogP) is 6.13. The summed E-state index contributed by atoms with van der Waals surface area (Å²) in [5.74, 6) is 13.2. The first-order valence-corrected chi connectivity index (χ1v) is 9.29. The third-order valence-electron chi connectivity index (χ3n) is 4.82. The van der Waals surface area contributed by atoms with Crippen LogP contribution in [0.2, 0.25) is 0 Å². The van der Waals surface area contributed by atoms with Crippen molar-refractivity contribution in [3.8, 4) is 45.9 Å². The van der Waals surface area contributed by atoms with Crippen molar-refractivity contribution in [2.45, 2.75) is 0 Å². The molecule has 0 heteroatoms. The fourth-order valence-electron chi connectivity index (χ4n) is 3.39. The van der Waals surface area contributed by atoms with Crippen molar-refractivity contribution in [2.24, 2.45) is 0 Å². The average molecular weight is 352 g/mol. The molecule has 0 nitrogen and oxygen atoms in total. The third kappa shape index (κ3) is 3.33. The maximum Gasteiger partial charge on any atom is 0.0255 e. The topological polar surface area (TPSA) is 0 Å². The Balaban J connectivity index is 1.75. The standard InChI is InChI=1S/C28H16/c1-5-21-13-14-22-7-3-11-27(19-22)28-12-4-8-24(20-28)16-15-23-6-2-10-26(18-23)25(9-1)17-21/h1-12,17-20H. The predicted molar refractivity (Wildman–Crippen MR) is 116 cm³/mol. The second kappa shape index (κ2) is 6.96. The van der Waals surface area contributed by atoms with Crippen molar-refractivity contribution in [1.82, 2.24) is 0 Å². The quantitative estimate of drug-likeness (QED) is 0.294. The molecule has 128 valence electrons. The Hall–Kier alpha value is -4.00. The highest BCUT2D eigenvalue weighted by Gasteiger charge is 2.02. The van der Waals surface area contributed by atoms with Crippen LogP contribution in [0.25, 0.3) is 22.3 Å². The molecule has 0 spiro atoms. The first kappa shape index (κ1) is 16.2. The Kier molecular flexibility index (Phi) is 4.02. The zero-order valence-corrected chi connectivity index (χ0v) is 15.2. The van der Waals surface area contributed by atoms with Gasteiger partial charge in [0, 0.05) is 22.3 Å². The van der Waals surface area contributed by atoms with Crippen LogP contribution in [-0.2, 0) is 0 Å². The van der Waals surface area contributed by atoms with Crippen LogP contribution in [-0.4, -0.2) is 0 Å². The Morgan fingerprint density at radius 1 is 0.321 bits per heavy atom. The van der Waals surface area contributed by atoms with E-state index >= 15 is 0 Å². The zero-order chi connectivity index (χ0) is 18.8. The Labute approximate surface area is 165 Å². The molecule has 4 aromatic carbocycles. The summed E-state index contributed by atoms with van der Waals surface area (Å²) < 4.78 is 0. The van der Waals surface area contributed by atoms with Crippen LogP contribution < -0.4 is 0 Å². The largest absolute Gasteiger partial charge is 0.0616 e. The van der Waals surface area contributed by atoms with Crippen LogP contribution >= 0.6 is 0 Å². The lowest BCUT2D eigenvalue weighted by Crippen LogP contribution is -1.85. The van der Waals surface area contributed by atoms with E-state index in [1.807, 2.05) is 0 Å². The molecule has 0 atom stereocenters. The van der Waals surface area contributed by atoms with E-state index in [1.165, 1.54) is 0 Å². The molecule has 1 aliphatic carbocycles. The molecule has 8 bridgehead atoms. The number of hydrogen-bond donors (Lipinski definition) is 0. The van der Waals surface area contributed by atoms with Gasteiger partial charge in [-0.1, -0.05) is 72.2 Å². The van der Waals surface area contributed by atoms with Gasteiger partial charge >= 0.3 is 0 Å². The van der Waals surface area contributed by atoms with E-state index in [2.05, 4.69) is 121 Å². The molecular formula is C28H16. The lowest BCUT2D eigenvalue weighted by molar-refractivity contribution is 1.55. The van der Waals surface area contributed by atoms with Gasteiger partial charge in [0.15, 0.2) is 0 Å². The maximum absolute atomic E-state index is 3.31. The molecule has 1 aliphatic rings. The van der Waals surface area contributed by atoms with E-state index in [9.17, 15) is 0 Å². The normalized spacial score (nSPS) is 10.9. The van der Waals surface area contributed by atoms with E-state index in [-0.39, 0.29) is 0 Å². The molecule has 0 saturated carbocycles. The molecule has 0 radical (unpaired) electrons. The first-order chi connectivity index (χ1) is 13.8. The second-order valence-electron chi connectivity index (χ2n) is 6.82. The average Bonchev–Trinajstić information content (AvgIpc) is 2.77. The molecule has 0 N–H and O–H groups in total. The van der Waals surface area contributed by atoms with E-state index in [0.717, 1.165) is 44.5 Å². The molecule has 0 unspecified atom stereocenters. The van der Waals surface area contributed by atoms with Crippen LogP contribution in [0, 0.1) is 23.7 Å². The van der Waals surface area contributed by atoms with E-state index in [4.69, 9.17) is 0 Å². The molecule has 0 fully saturated rings. The van der Waals surface area contributed by atoms with Crippen molar-refractivity contribution < 1.29 is 0 Å². The smallest absolute Gasteiger partial charge is 0.0255 e. The van der Waals surface area contributed by atoms with Gasteiger partial charge in [0.05, 0.1) is 0 Å². The van der Waals surface area contributed by atoms with Gasteiger partial charge in [0.2, 0.25) is 0 Å². The molecule has 4 aromatic rings. The Bertz CT molecular complexity index is 1110. The van der Waals surface area contributed by atoms with Crippen molar-refractivity contribution in [3.05, 3.63) is 119 Å². The summed E-state index contributed by atoms with van der Waals surface area (Å²) in [6.07, 6.45) is 0. The van der Waals surface area contributed by atoms with Gasteiger partial charge in [-0.15, -0.1) is 0 Å². The first-order valence-electron chi connectivity index (χ1n) is 9.29. The summed E-state index contributed by atoms with van der Waals surface area (Å²) in [5, 5.41) is 0. The van der Waals surface area contributed by atoms with Gasteiger partial charge in [-0.05, 0) is 70.8 Å². The third-order valence-corrected chi connectivity index (χ3v) is 4.82. The van der Waals surface area contributed by atoms with E-state index < -0.39 is 0 Å². The Morgan fingerprint density at radius 2 is 0.571 bits per heavy atom. The van der Waals surface area contributed by atoms with Crippen LogP contribution in [0.4, 0.5) is 0 Å². The number of fused-ring (bicyclic) bond motifs is 10. The van der Waals surface area contributed by atoms with Crippen molar-refractivity contribution in [1.29, 1.82) is 0 Å². The molecule has 0 aromatic heterocycles. The zero-order valence-electron chi connectivity index (χ0n) is 15.2. The van der Waals surface area contributed by atoms with Crippen LogP contribution in [0.15, 0.2) is 97.1 Å². The fraction of sp³-hybridized carbons (Fsp3) is 0. The van der Waals surface area contributed by atoms with Gasteiger partial charge in [-0.2, -0.15) is 0 Å². The highest BCUT2D eigenvalue weighted by Crippen LogP contribution is 2.23. The minimum absolute atomic E-state index is 1.01. The molecule has 28 heavy (non-hydrogen) atoms. The summed E-state index contributed by atoms with van der Waals surface area (Å²) in [6, 6.07) is 33.4. The van der Waals surface area contributed by atoms with Crippen LogP contribution in [0.5, 0.6) is 0 Å². The van der Waals surface area contributed by atoms with E-state index in [1.54, 1.807) is 0 Å². The summed E-state index contributed by atoms with van der Waals surface area (Å²) in [6.45, 7) is 0. The summed E-state index contributed by atoms with van der Waals surface area (Å²) in [7, 11) is 0. The molecule has 0 aliphatic heterocycles. The Morgan fingerprint density at radius 3 is 0.821 bits per heavy atom. The second-order valence-corrected chi connectivity index (χ2v) is 6.82. The number of benzene rings is 4. The highest BCUT2D eigenvalue weighted by molar-refractivity contribution is 5.70. The summed E-state index contributed by atoms with van der Waals surface area (Å²) >= 11 is 0. The van der Waals surface area contributed by atoms with Crippen LogP contribution in [0.3, 0.4) is 0 Å². The molecule has 0 heterocycles. The molecular weight excluding hydrogens is 336 g/mol. The highest BCUT2D eigenvalue weighted by atomic mass is 14.1. The van der Waals surface area contributed by atoms with Crippen LogP contribution in [0.1, 0.15) is 22.3 Å². The van der Waals surface area contributed by atoms with Gasteiger partial charge in [-0.3, -0.25) is 0 Å². The summed E-state index contributed by atoms with van der Waals surface area (Å²) in [4.78, 5) is 0. The SMILES string of the molecule is C1#Cc2cccc(c2)-c2cccc(c2)C#Cc2cccc(c2)-c2cccc1c2. The minimum Gasteiger partial charge on any atom is -0.0616 e. The number of hydrogen-bond acceptors (Lipinski definition) is 0. The molecule has 0 amide bonds. The fourth-order valence-corrected chi connectivity index (χ4v) is 3.39. The van der Waals surface area contributed by atoms with Gasteiger partial charge in [0.1, 0.15) is 0 Å². The van der Waals surface area contributed by atoms with Gasteiger partial charge in [-0.25, -0.2) is 0 Å². The molecule has 0 saturated heterocycles. The minimum atomic E-state index is 1.01. The summed E-state index contributed by atoms with van der Waals surface area (Å²) in [5.41, 5.74) is 8.64. The number of rotatable bonds is 0. The maximum atomic E-state index is 3.31. The van der Waals surface area contributed by atoms with Crippen molar-refractivity contribution in [2.75, 3.05) is 0 Å². The lowest BCUT2D eigenvalue weighted by atomic mass is 9.99. The monoisotopic (exact) mass is 352 g/mol. The van der Waals surface area contributed by atoms with Crippen molar-refractivity contribution in [3.63, 3.8) is 0 Å². The molecule has 5 rings (SSSR count). The van der Waals surface area contributed by atoms with Crippen molar-refractivity contribution >= 4 is 0 Å². The van der Waals surface area contributed by atoms with Gasteiger partial charge in [0.25, 0.3) is 0 Å².